The fourth-order valence-corrected chi connectivity index (χ4v) is 9.56. The van der Waals surface area contributed by atoms with E-state index in [1.165, 1.54) is 0 Å². The van der Waals surface area contributed by atoms with Gasteiger partial charge in [0.2, 0.25) is 0 Å². The number of rotatable bonds is 5. The Morgan fingerprint density at radius 2 is 1.69 bits per heavy atom. The van der Waals surface area contributed by atoms with Crippen LogP contribution in [0.5, 0.6) is 0 Å². The summed E-state index contributed by atoms with van der Waals surface area (Å²) in [5.41, 5.74) is -0.335. The van der Waals surface area contributed by atoms with Gasteiger partial charge >= 0.3 is 0 Å². The maximum Gasteiger partial charge on any atom is 0.135 e. The van der Waals surface area contributed by atoms with Gasteiger partial charge in [-0.15, -0.1) is 0 Å². The quantitative estimate of drug-likeness (QED) is 0.554. The summed E-state index contributed by atoms with van der Waals surface area (Å²) in [6.45, 7) is 13.3. The largest absolute Gasteiger partial charge is 0.393 e. The third kappa shape index (κ3) is 3.45. The Morgan fingerprint density at radius 1 is 1.00 bits per heavy atom. The Kier molecular flexibility index (Phi) is 6.43. The van der Waals surface area contributed by atoms with E-state index in [9.17, 15) is 20.1 Å². The zero-order chi connectivity index (χ0) is 23.6. The second kappa shape index (κ2) is 8.34. The normalized spacial score (nSPS) is 51.6. The van der Waals surface area contributed by atoms with E-state index in [2.05, 4.69) is 27.7 Å². The van der Waals surface area contributed by atoms with Gasteiger partial charge in [-0.3, -0.25) is 4.79 Å². The third-order valence-electron chi connectivity index (χ3n) is 11.7. The second-order valence-electron chi connectivity index (χ2n) is 13.3. The first-order chi connectivity index (χ1) is 14.9. The molecular weight excluding hydrogens is 400 g/mol. The van der Waals surface area contributed by atoms with E-state index < -0.39 is 12.2 Å². The van der Waals surface area contributed by atoms with Crippen LogP contribution in [0.1, 0.15) is 99.3 Å². The van der Waals surface area contributed by atoms with Crippen LogP contribution in [-0.2, 0) is 4.79 Å². The molecule has 0 radical (unpaired) electrons. The molecule has 4 fully saturated rings. The molecule has 1 unspecified atom stereocenters. The lowest BCUT2D eigenvalue weighted by Crippen LogP contribution is -2.69. The topological polar surface area (TPSA) is 77.8 Å². The minimum atomic E-state index is -0.434. The van der Waals surface area contributed by atoms with E-state index in [0.717, 1.165) is 51.4 Å². The van der Waals surface area contributed by atoms with Crippen LogP contribution in [0.3, 0.4) is 0 Å². The SMILES string of the molecule is CC(C)C(=O)CC[C@H](C)[C@H]1CC[C@H]2C3[C@H](O)C[C@@H]4C[C@H](O)CC[C@]4(C)[C@@]3(C)[C@H](O)C[C@]12C. The average molecular weight is 449 g/mol. The van der Waals surface area contributed by atoms with Crippen LogP contribution in [0.25, 0.3) is 0 Å². The lowest BCUT2D eigenvalue weighted by Gasteiger charge is -2.69. The molecule has 11 atom stereocenters. The molecule has 184 valence electrons. The zero-order valence-corrected chi connectivity index (χ0v) is 21.3. The van der Waals surface area contributed by atoms with Crippen molar-refractivity contribution in [3.05, 3.63) is 0 Å². The van der Waals surface area contributed by atoms with Gasteiger partial charge in [-0.1, -0.05) is 41.5 Å². The lowest BCUT2D eigenvalue weighted by atomic mass is 9.36. The first kappa shape index (κ1) is 24.7. The number of Topliss-reactive ketones (excluding diaryl/α,β-unsaturated/α-hetero) is 1. The fourth-order valence-electron chi connectivity index (χ4n) is 9.56. The molecule has 0 heterocycles. The lowest BCUT2D eigenvalue weighted by molar-refractivity contribution is -0.265. The number of aliphatic hydroxyl groups excluding tert-OH is 3. The molecule has 4 heteroatoms. The number of hydrogen-bond donors (Lipinski definition) is 3. The summed E-state index contributed by atoms with van der Waals surface area (Å²) in [6.07, 6.45) is 6.82. The molecule has 0 bridgehead atoms. The van der Waals surface area contributed by atoms with E-state index in [4.69, 9.17) is 0 Å². The minimum absolute atomic E-state index is 0.0161. The van der Waals surface area contributed by atoms with Gasteiger partial charge in [0.25, 0.3) is 0 Å². The number of aliphatic hydroxyl groups is 3. The maximum atomic E-state index is 12.3. The molecule has 0 saturated heterocycles. The Morgan fingerprint density at radius 3 is 2.34 bits per heavy atom. The van der Waals surface area contributed by atoms with Crippen molar-refractivity contribution in [2.24, 2.45) is 51.8 Å². The first-order valence-electron chi connectivity index (χ1n) is 13.4. The molecule has 0 aliphatic heterocycles. The highest BCUT2D eigenvalue weighted by Crippen LogP contribution is 2.73. The summed E-state index contributed by atoms with van der Waals surface area (Å²) in [5.74, 6) is 2.22. The summed E-state index contributed by atoms with van der Waals surface area (Å²) in [7, 11) is 0. The van der Waals surface area contributed by atoms with E-state index in [0.29, 0.717) is 30.0 Å². The summed E-state index contributed by atoms with van der Waals surface area (Å²) < 4.78 is 0. The van der Waals surface area contributed by atoms with Gasteiger partial charge < -0.3 is 15.3 Å². The highest BCUT2D eigenvalue weighted by molar-refractivity contribution is 5.80. The van der Waals surface area contributed by atoms with Crippen LogP contribution in [0.4, 0.5) is 0 Å². The van der Waals surface area contributed by atoms with Crippen LogP contribution in [-0.4, -0.2) is 39.4 Å². The van der Waals surface area contributed by atoms with Gasteiger partial charge in [-0.25, -0.2) is 0 Å². The number of carbonyl (C=O) groups excluding carboxylic acids is 1. The monoisotopic (exact) mass is 448 g/mol. The van der Waals surface area contributed by atoms with Crippen molar-refractivity contribution in [1.29, 1.82) is 0 Å². The standard InChI is InChI=1S/C28H48O4/c1-16(2)22(30)10-7-17(3)20-8-9-21-25-23(31)14-18-13-19(29)11-12-27(18,5)28(25,6)24(32)15-26(20,21)4/h16-21,23-25,29,31-32H,7-15H2,1-6H3/t17-,18-,19+,20+,21-,23+,24+,25?,26+,27-,28-/m0/s1. The van der Waals surface area contributed by atoms with Crippen molar-refractivity contribution in [2.75, 3.05) is 0 Å². The summed E-state index contributed by atoms with van der Waals surface area (Å²) in [5, 5.41) is 33.7. The van der Waals surface area contributed by atoms with Crippen LogP contribution in [0.15, 0.2) is 0 Å². The van der Waals surface area contributed by atoms with Crippen LogP contribution >= 0.6 is 0 Å². The number of fused-ring (bicyclic) bond motifs is 5. The van der Waals surface area contributed by atoms with Gasteiger partial charge in [-0.05, 0) is 91.8 Å². The van der Waals surface area contributed by atoms with E-state index in [-0.39, 0.29) is 40.1 Å². The molecule has 3 N–H and O–H groups in total. The molecule has 4 aliphatic rings. The zero-order valence-electron chi connectivity index (χ0n) is 21.3. The molecule has 0 amide bonds. The van der Waals surface area contributed by atoms with Gasteiger partial charge in [0, 0.05) is 17.8 Å². The summed E-state index contributed by atoms with van der Waals surface area (Å²) >= 11 is 0. The summed E-state index contributed by atoms with van der Waals surface area (Å²) in [4.78, 5) is 12.3. The van der Waals surface area contributed by atoms with Crippen molar-refractivity contribution < 1.29 is 20.1 Å². The van der Waals surface area contributed by atoms with E-state index in [1.54, 1.807) is 0 Å². The van der Waals surface area contributed by atoms with Crippen molar-refractivity contribution >= 4 is 5.78 Å². The summed E-state index contributed by atoms with van der Waals surface area (Å²) in [6, 6.07) is 0. The number of hydrogen-bond acceptors (Lipinski definition) is 4. The smallest absolute Gasteiger partial charge is 0.135 e. The molecule has 0 aromatic carbocycles. The Hall–Kier alpha value is -0.450. The highest BCUT2D eigenvalue weighted by Gasteiger charge is 2.70. The Balaban J connectivity index is 1.61. The predicted molar refractivity (Wildman–Crippen MR) is 127 cm³/mol. The van der Waals surface area contributed by atoms with Crippen molar-refractivity contribution in [3.8, 4) is 0 Å². The minimum Gasteiger partial charge on any atom is -0.393 e. The van der Waals surface area contributed by atoms with E-state index in [1.807, 2.05) is 13.8 Å². The van der Waals surface area contributed by atoms with E-state index >= 15 is 0 Å². The second-order valence-corrected chi connectivity index (χ2v) is 13.3. The molecule has 4 rings (SSSR count). The predicted octanol–water partition coefficient (Wildman–Crippen LogP) is 4.98. The van der Waals surface area contributed by atoms with Gasteiger partial charge in [0.1, 0.15) is 5.78 Å². The fraction of sp³-hybridized carbons (Fsp3) is 0.964. The maximum absolute atomic E-state index is 12.3. The third-order valence-corrected chi connectivity index (χ3v) is 11.7. The molecule has 0 aromatic heterocycles. The van der Waals surface area contributed by atoms with Gasteiger partial charge in [0.15, 0.2) is 0 Å². The Labute approximate surface area is 195 Å². The molecule has 4 nitrogen and oxygen atoms in total. The van der Waals surface area contributed by atoms with Crippen molar-refractivity contribution in [2.45, 2.75) is 118 Å². The Bertz CT molecular complexity index is 720. The molecule has 32 heavy (non-hydrogen) atoms. The van der Waals surface area contributed by atoms with Gasteiger partial charge in [-0.2, -0.15) is 0 Å². The molecule has 4 saturated carbocycles. The van der Waals surface area contributed by atoms with Gasteiger partial charge in [0.05, 0.1) is 18.3 Å². The number of ketones is 1. The number of carbonyl (C=O) groups is 1. The molecule has 4 aliphatic carbocycles. The molecule has 0 aromatic rings. The average Bonchev–Trinajstić information content (AvgIpc) is 3.04. The van der Waals surface area contributed by atoms with Crippen molar-refractivity contribution in [1.82, 2.24) is 0 Å². The molecular formula is C28H48O4. The first-order valence-corrected chi connectivity index (χ1v) is 13.4. The molecule has 0 spiro atoms. The van der Waals surface area contributed by atoms with Crippen molar-refractivity contribution in [3.63, 3.8) is 0 Å². The van der Waals surface area contributed by atoms with Crippen LogP contribution < -0.4 is 0 Å². The van der Waals surface area contributed by atoms with Crippen LogP contribution in [0.2, 0.25) is 0 Å². The highest BCUT2D eigenvalue weighted by atomic mass is 16.3. The van der Waals surface area contributed by atoms with Crippen LogP contribution in [0, 0.1) is 51.8 Å².